The molecule has 0 spiro atoms. The number of hydrogen-bond donors (Lipinski definition) is 1. The van der Waals surface area contributed by atoms with E-state index in [-0.39, 0.29) is 17.6 Å². The van der Waals surface area contributed by atoms with Gasteiger partial charge in [0.25, 0.3) is 0 Å². The topological polar surface area (TPSA) is 53.7 Å². The van der Waals surface area contributed by atoms with Gasteiger partial charge in [0, 0.05) is 12.6 Å². The van der Waals surface area contributed by atoms with Gasteiger partial charge in [0.2, 0.25) is 0 Å². The minimum atomic E-state index is 0.0830. The summed E-state index contributed by atoms with van der Waals surface area (Å²) in [4.78, 5) is 0. The molecule has 0 aromatic carbocycles. The van der Waals surface area contributed by atoms with Crippen molar-refractivity contribution in [3.05, 3.63) is 0 Å². The molecule has 116 valence electrons. The van der Waals surface area contributed by atoms with Crippen molar-refractivity contribution < 1.29 is 14.2 Å². The third-order valence-electron chi connectivity index (χ3n) is 3.21. The zero-order chi connectivity index (χ0) is 14.9. The fraction of sp³-hybridized carbons (Fsp3) is 1.00. The Balaban J connectivity index is 3.47. The van der Waals surface area contributed by atoms with Gasteiger partial charge in [-0.25, -0.2) is 0 Å². The molecule has 4 heteroatoms. The molecule has 0 saturated heterocycles. The maximum absolute atomic E-state index is 5.69. The monoisotopic (exact) mass is 275 g/mol. The van der Waals surface area contributed by atoms with Crippen LogP contribution in [0.5, 0.6) is 0 Å². The highest BCUT2D eigenvalue weighted by atomic mass is 16.5. The van der Waals surface area contributed by atoms with Crippen molar-refractivity contribution in [2.45, 2.75) is 53.7 Å². The second-order valence-corrected chi connectivity index (χ2v) is 6.54. The van der Waals surface area contributed by atoms with Crippen LogP contribution < -0.4 is 5.73 Å². The van der Waals surface area contributed by atoms with Crippen LogP contribution >= 0.6 is 0 Å². The molecule has 0 rings (SSSR count). The lowest BCUT2D eigenvalue weighted by Gasteiger charge is -2.27. The lowest BCUT2D eigenvalue weighted by molar-refractivity contribution is -0.0416. The minimum Gasteiger partial charge on any atom is -0.378 e. The predicted octanol–water partition coefficient (Wildman–Crippen LogP) is 2.45. The van der Waals surface area contributed by atoms with Gasteiger partial charge >= 0.3 is 0 Å². The number of rotatable bonds is 10. The smallest absolute Gasteiger partial charge is 0.0781 e. The molecule has 0 radical (unpaired) electrons. The van der Waals surface area contributed by atoms with E-state index in [0.29, 0.717) is 32.3 Å². The summed E-state index contributed by atoms with van der Waals surface area (Å²) in [6.45, 7) is 16.0. The van der Waals surface area contributed by atoms with Gasteiger partial charge < -0.3 is 19.9 Å². The van der Waals surface area contributed by atoms with Gasteiger partial charge in [-0.1, -0.05) is 27.7 Å². The molecule has 0 aliphatic heterocycles. The quantitative estimate of drug-likeness (QED) is 0.622. The first-order valence-electron chi connectivity index (χ1n) is 7.26. The Hall–Kier alpha value is -0.160. The predicted molar refractivity (Wildman–Crippen MR) is 79.3 cm³/mol. The highest BCUT2D eigenvalue weighted by molar-refractivity contribution is 4.69. The van der Waals surface area contributed by atoms with Crippen LogP contribution in [0.3, 0.4) is 0 Å². The van der Waals surface area contributed by atoms with Crippen LogP contribution in [0.15, 0.2) is 0 Å². The van der Waals surface area contributed by atoms with Gasteiger partial charge in [-0.05, 0) is 25.2 Å². The van der Waals surface area contributed by atoms with Gasteiger partial charge in [0.1, 0.15) is 0 Å². The molecule has 0 aliphatic rings. The average Bonchev–Trinajstić information content (AvgIpc) is 2.26. The first-order chi connectivity index (χ1) is 8.73. The normalized spacial score (nSPS) is 17.2. The Morgan fingerprint density at radius 2 is 1.53 bits per heavy atom. The van der Waals surface area contributed by atoms with E-state index in [1.165, 1.54) is 0 Å². The summed E-state index contributed by atoms with van der Waals surface area (Å²) in [5, 5.41) is 0. The second kappa shape index (κ2) is 9.70. The third kappa shape index (κ3) is 11.4. The van der Waals surface area contributed by atoms with Crippen molar-refractivity contribution in [2.75, 3.05) is 33.0 Å². The van der Waals surface area contributed by atoms with Crippen LogP contribution in [-0.2, 0) is 14.2 Å². The van der Waals surface area contributed by atoms with E-state index in [2.05, 4.69) is 27.7 Å². The summed E-state index contributed by atoms with van der Waals surface area (Å²) >= 11 is 0. The van der Waals surface area contributed by atoms with Crippen LogP contribution in [0.25, 0.3) is 0 Å². The van der Waals surface area contributed by atoms with Crippen LogP contribution in [-0.4, -0.2) is 45.2 Å². The van der Waals surface area contributed by atoms with E-state index in [9.17, 15) is 0 Å². The molecule has 0 fully saturated rings. The van der Waals surface area contributed by atoms with Crippen LogP contribution in [0, 0.1) is 11.3 Å². The van der Waals surface area contributed by atoms with Crippen molar-refractivity contribution in [3.63, 3.8) is 0 Å². The molecular formula is C15H33NO3. The highest BCUT2D eigenvalue weighted by Gasteiger charge is 2.20. The molecule has 0 aromatic heterocycles. The molecule has 4 nitrogen and oxygen atoms in total. The summed E-state index contributed by atoms with van der Waals surface area (Å²) in [6, 6.07) is 0.0830. The Kier molecular flexibility index (Phi) is 9.62. The van der Waals surface area contributed by atoms with Gasteiger partial charge in [-0.2, -0.15) is 0 Å². The number of ether oxygens (including phenoxy) is 3. The zero-order valence-electron chi connectivity index (χ0n) is 13.6. The van der Waals surface area contributed by atoms with Crippen LogP contribution in [0.4, 0.5) is 0 Å². The zero-order valence-corrected chi connectivity index (χ0v) is 13.6. The summed E-state index contributed by atoms with van der Waals surface area (Å²) in [5.74, 6) is 0.536. The summed E-state index contributed by atoms with van der Waals surface area (Å²) in [6.07, 6.45) is 0.103. The first kappa shape index (κ1) is 18.8. The Bertz CT molecular complexity index is 214. The van der Waals surface area contributed by atoms with Crippen molar-refractivity contribution in [2.24, 2.45) is 17.1 Å². The fourth-order valence-corrected chi connectivity index (χ4v) is 1.29. The molecule has 2 N–H and O–H groups in total. The van der Waals surface area contributed by atoms with Crippen molar-refractivity contribution >= 4 is 0 Å². The Morgan fingerprint density at radius 1 is 0.895 bits per heavy atom. The molecule has 0 heterocycles. The minimum absolute atomic E-state index is 0.0830. The first-order valence-corrected chi connectivity index (χ1v) is 7.26. The van der Waals surface area contributed by atoms with E-state index >= 15 is 0 Å². The summed E-state index contributed by atoms with van der Waals surface area (Å²) in [7, 11) is 0. The molecule has 3 atom stereocenters. The van der Waals surface area contributed by atoms with E-state index in [4.69, 9.17) is 19.9 Å². The second-order valence-electron chi connectivity index (χ2n) is 6.54. The van der Waals surface area contributed by atoms with Crippen LogP contribution in [0.2, 0.25) is 0 Å². The van der Waals surface area contributed by atoms with E-state index < -0.39 is 0 Å². The lowest BCUT2D eigenvalue weighted by Crippen LogP contribution is -2.26. The fourth-order valence-electron chi connectivity index (χ4n) is 1.29. The van der Waals surface area contributed by atoms with E-state index in [0.717, 1.165) is 6.61 Å². The van der Waals surface area contributed by atoms with E-state index in [1.54, 1.807) is 0 Å². The highest BCUT2D eigenvalue weighted by Crippen LogP contribution is 2.25. The number of hydrogen-bond acceptors (Lipinski definition) is 4. The van der Waals surface area contributed by atoms with Crippen LogP contribution in [0.1, 0.15) is 41.5 Å². The largest absolute Gasteiger partial charge is 0.378 e. The lowest BCUT2D eigenvalue weighted by atomic mass is 9.83. The average molecular weight is 275 g/mol. The number of nitrogens with two attached hydrogens (primary N) is 1. The summed E-state index contributed by atoms with van der Waals surface area (Å²) < 4.78 is 16.6. The molecule has 0 aromatic rings. The molecule has 19 heavy (non-hydrogen) atoms. The van der Waals surface area contributed by atoms with Gasteiger partial charge in [-0.15, -0.1) is 0 Å². The van der Waals surface area contributed by atoms with Gasteiger partial charge in [0.15, 0.2) is 0 Å². The molecule has 0 bridgehead atoms. The molecule has 0 aliphatic carbocycles. The van der Waals surface area contributed by atoms with Gasteiger partial charge in [-0.3, -0.25) is 0 Å². The molecule has 0 amide bonds. The molecule has 3 unspecified atom stereocenters. The van der Waals surface area contributed by atoms with Crippen molar-refractivity contribution in [1.82, 2.24) is 0 Å². The summed E-state index contributed by atoms with van der Waals surface area (Å²) in [5.41, 5.74) is 5.87. The standard InChI is InChI=1S/C15H33NO3/c1-12(15(4,5)6)9-18-11-14(3)19-8-7-17-10-13(2)16/h12-14H,7-11,16H2,1-6H3. The maximum Gasteiger partial charge on any atom is 0.0781 e. The Morgan fingerprint density at radius 3 is 2.05 bits per heavy atom. The maximum atomic E-state index is 5.69. The van der Waals surface area contributed by atoms with Gasteiger partial charge in [0.05, 0.1) is 32.5 Å². The third-order valence-corrected chi connectivity index (χ3v) is 3.21. The molecule has 0 saturated carbocycles. The van der Waals surface area contributed by atoms with Crippen molar-refractivity contribution in [3.8, 4) is 0 Å². The molecular weight excluding hydrogens is 242 g/mol. The van der Waals surface area contributed by atoms with E-state index in [1.807, 2.05) is 13.8 Å². The van der Waals surface area contributed by atoms with Crippen molar-refractivity contribution in [1.29, 1.82) is 0 Å². The SMILES string of the molecule is CC(N)COCCOC(C)COCC(C)C(C)(C)C. The Labute approximate surface area is 119 Å².